The average molecular weight is 417 g/mol. The summed E-state index contributed by atoms with van der Waals surface area (Å²) in [5, 5.41) is 0. The highest BCUT2D eigenvalue weighted by Gasteiger charge is 2.31. The predicted octanol–water partition coefficient (Wildman–Crippen LogP) is 3.68. The van der Waals surface area contributed by atoms with Crippen molar-refractivity contribution in [1.29, 1.82) is 0 Å². The van der Waals surface area contributed by atoms with Gasteiger partial charge in [-0.3, -0.25) is 14.3 Å². The summed E-state index contributed by atoms with van der Waals surface area (Å²) < 4.78 is 67.2. The summed E-state index contributed by atoms with van der Waals surface area (Å²) >= 11 is 0. The van der Waals surface area contributed by atoms with Crippen molar-refractivity contribution in [3.63, 3.8) is 0 Å². The van der Waals surface area contributed by atoms with Gasteiger partial charge in [0.15, 0.2) is 29.0 Å². The van der Waals surface area contributed by atoms with Crippen LogP contribution in [0.25, 0.3) is 0 Å². The molecule has 1 aliphatic carbocycles. The van der Waals surface area contributed by atoms with Gasteiger partial charge >= 0.3 is 0 Å². The lowest BCUT2D eigenvalue weighted by Crippen LogP contribution is -2.22. The smallest absolute Gasteiger partial charge is 0.262 e. The van der Waals surface area contributed by atoms with E-state index in [2.05, 4.69) is 0 Å². The van der Waals surface area contributed by atoms with Crippen molar-refractivity contribution in [3.05, 3.63) is 94.3 Å². The normalized spacial score (nSPS) is 13.1. The van der Waals surface area contributed by atoms with Gasteiger partial charge in [0.2, 0.25) is 0 Å². The second-order valence-corrected chi connectivity index (χ2v) is 7.92. The van der Waals surface area contributed by atoms with E-state index in [4.69, 9.17) is 0 Å². The molecular formula is C20H10F3NO4S. The Bertz CT molecular complexity index is 1320. The summed E-state index contributed by atoms with van der Waals surface area (Å²) in [5.41, 5.74) is -0.537. The number of sulfonamides is 1. The molecule has 146 valence electrons. The summed E-state index contributed by atoms with van der Waals surface area (Å²) in [7, 11) is -4.46. The SMILES string of the molecule is O=C1c2ccccc2C(=O)c2cc(S(=O)(=O)Nc3ccc(F)c(F)c3F)ccc21. The summed E-state index contributed by atoms with van der Waals surface area (Å²) in [5.74, 6) is -5.97. The lowest BCUT2D eigenvalue weighted by molar-refractivity contribution is 0.0979. The number of nitrogens with one attached hydrogen (secondary N) is 1. The number of rotatable bonds is 3. The van der Waals surface area contributed by atoms with Crippen molar-refractivity contribution in [2.24, 2.45) is 0 Å². The van der Waals surface area contributed by atoms with Crippen LogP contribution < -0.4 is 4.72 Å². The lowest BCUT2D eigenvalue weighted by Gasteiger charge is -2.18. The van der Waals surface area contributed by atoms with Crippen LogP contribution in [-0.2, 0) is 10.0 Å². The number of benzene rings is 3. The number of ketones is 2. The van der Waals surface area contributed by atoms with E-state index in [1.165, 1.54) is 18.2 Å². The van der Waals surface area contributed by atoms with Gasteiger partial charge in [0, 0.05) is 22.3 Å². The molecule has 0 aliphatic heterocycles. The van der Waals surface area contributed by atoms with E-state index in [0.29, 0.717) is 6.07 Å². The minimum absolute atomic E-state index is 0.0339. The zero-order valence-corrected chi connectivity index (χ0v) is 15.2. The number of anilines is 1. The third-order valence-electron chi connectivity index (χ3n) is 4.49. The lowest BCUT2D eigenvalue weighted by atomic mass is 9.84. The van der Waals surface area contributed by atoms with Crippen LogP contribution in [0.2, 0.25) is 0 Å². The maximum absolute atomic E-state index is 13.8. The van der Waals surface area contributed by atoms with Gasteiger partial charge < -0.3 is 0 Å². The molecule has 1 aliphatic rings. The van der Waals surface area contributed by atoms with E-state index in [-0.39, 0.29) is 22.3 Å². The summed E-state index contributed by atoms with van der Waals surface area (Å²) in [6, 6.07) is 10.7. The van der Waals surface area contributed by atoms with Crippen LogP contribution >= 0.6 is 0 Å². The zero-order valence-electron chi connectivity index (χ0n) is 14.4. The number of hydrogen-bond donors (Lipinski definition) is 1. The van der Waals surface area contributed by atoms with Gasteiger partial charge in [-0.05, 0) is 30.3 Å². The molecule has 0 saturated heterocycles. The van der Waals surface area contributed by atoms with Gasteiger partial charge in [-0.2, -0.15) is 0 Å². The van der Waals surface area contributed by atoms with E-state index in [9.17, 15) is 31.2 Å². The molecule has 3 aromatic carbocycles. The molecule has 0 saturated carbocycles. The molecule has 0 radical (unpaired) electrons. The van der Waals surface area contributed by atoms with Crippen molar-refractivity contribution in [3.8, 4) is 0 Å². The molecule has 0 heterocycles. The van der Waals surface area contributed by atoms with Crippen molar-refractivity contribution in [2.75, 3.05) is 4.72 Å². The molecule has 1 N–H and O–H groups in total. The Morgan fingerprint density at radius 1 is 0.690 bits per heavy atom. The number of halogens is 3. The monoisotopic (exact) mass is 417 g/mol. The molecule has 0 unspecified atom stereocenters. The summed E-state index contributed by atoms with van der Waals surface area (Å²) in [6.45, 7) is 0. The van der Waals surface area contributed by atoms with Gasteiger partial charge in [0.05, 0.1) is 10.6 Å². The third kappa shape index (κ3) is 2.99. The first-order valence-electron chi connectivity index (χ1n) is 8.19. The fourth-order valence-electron chi connectivity index (χ4n) is 3.05. The van der Waals surface area contributed by atoms with E-state index < -0.39 is 49.6 Å². The highest BCUT2D eigenvalue weighted by molar-refractivity contribution is 7.92. The van der Waals surface area contributed by atoms with Crippen molar-refractivity contribution >= 4 is 27.3 Å². The maximum Gasteiger partial charge on any atom is 0.262 e. The van der Waals surface area contributed by atoms with E-state index in [0.717, 1.165) is 18.2 Å². The highest BCUT2D eigenvalue weighted by atomic mass is 32.2. The van der Waals surface area contributed by atoms with E-state index in [1.807, 2.05) is 4.72 Å². The molecule has 3 aromatic rings. The Morgan fingerprint density at radius 3 is 1.93 bits per heavy atom. The van der Waals surface area contributed by atoms with Crippen LogP contribution in [0.4, 0.5) is 18.9 Å². The van der Waals surface area contributed by atoms with E-state index in [1.54, 1.807) is 12.1 Å². The average Bonchev–Trinajstić information content (AvgIpc) is 2.72. The van der Waals surface area contributed by atoms with Gasteiger partial charge in [-0.1, -0.05) is 24.3 Å². The van der Waals surface area contributed by atoms with Crippen LogP contribution in [0.1, 0.15) is 31.8 Å². The summed E-state index contributed by atoms with van der Waals surface area (Å²) in [6.07, 6.45) is 0. The molecule has 0 atom stereocenters. The van der Waals surface area contributed by atoms with Gasteiger partial charge in [-0.25, -0.2) is 21.6 Å². The van der Waals surface area contributed by atoms with Gasteiger partial charge in [-0.15, -0.1) is 0 Å². The Labute approximate surface area is 162 Å². The largest absolute Gasteiger partial charge is 0.289 e. The molecular weight excluding hydrogens is 407 g/mol. The Balaban J connectivity index is 1.77. The molecule has 0 spiro atoms. The molecule has 29 heavy (non-hydrogen) atoms. The van der Waals surface area contributed by atoms with Crippen LogP contribution in [0.3, 0.4) is 0 Å². The predicted molar refractivity (Wildman–Crippen MR) is 96.9 cm³/mol. The Kier molecular flexibility index (Phi) is 4.27. The number of carbonyl (C=O) groups is 2. The quantitative estimate of drug-likeness (QED) is 0.516. The number of fused-ring (bicyclic) bond motifs is 2. The van der Waals surface area contributed by atoms with Crippen molar-refractivity contribution in [2.45, 2.75) is 4.90 Å². The molecule has 5 nitrogen and oxygen atoms in total. The van der Waals surface area contributed by atoms with Crippen molar-refractivity contribution < 1.29 is 31.2 Å². The first-order valence-corrected chi connectivity index (χ1v) is 9.68. The number of hydrogen-bond acceptors (Lipinski definition) is 4. The summed E-state index contributed by atoms with van der Waals surface area (Å²) in [4.78, 5) is 24.8. The van der Waals surface area contributed by atoms with Gasteiger partial charge in [0.25, 0.3) is 10.0 Å². The third-order valence-corrected chi connectivity index (χ3v) is 5.85. The van der Waals surface area contributed by atoms with Crippen LogP contribution in [0.5, 0.6) is 0 Å². The minimum Gasteiger partial charge on any atom is -0.289 e. The minimum atomic E-state index is -4.46. The Morgan fingerprint density at radius 2 is 1.28 bits per heavy atom. The fourth-order valence-corrected chi connectivity index (χ4v) is 4.14. The molecule has 0 fully saturated rings. The highest BCUT2D eigenvalue weighted by Crippen LogP contribution is 2.30. The first-order chi connectivity index (χ1) is 13.7. The standard InChI is InChI=1S/C20H10F3NO4S/c21-15-7-8-16(18(23)17(15)22)24-29(27,28)10-5-6-13-14(9-10)20(26)12-4-2-1-3-11(12)19(13)25/h1-9,24H. The second-order valence-electron chi connectivity index (χ2n) is 6.24. The van der Waals surface area contributed by atoms with Crippen LogP contribution in [0.15, 0.2) is 59.5 Å². The zero-order chi connectivity index (χ0) is 20.9. The Hall–Kier alpha value is -3.46. The molecule has 0 amide bonds. The second kappa shape index (κ2) is 6.56. The van der Waals surface area contributed by atoms with E-state index >= 15 is 0 Å². The van der Waals surface area contributed by atoms with Gasteiger partial charge in [0.1, 0.15) is 0 Å². The topological polar surface area (TPSA) is 80.3 Å². The van der Waals surface area contributed by atoms with Crippen LogP contribution in [-0.4, -0.2) is 20.0 Å². The fraction of sp³-hybridized carbons (Fsp3) is 0. The number of carbonyl (C=O) groups excluding carboxylic acids is 2. The molecule has 0 bridgehead atoms. The van der Waals surface area contributed by atoms with Crippen LogP contribution in [0, 0.1) is 17.5 Å². The maximum atomic E-state index is 13.8. The van der Waals surface area contributed by atoms with Crippen molar-refractivity contribution in [1.82, 2.24) is 0 Å². The molecule has 4 rings (SSSR count). The first kappa shape index (κ1) is 18.9. The molecule has 9 heteroatoms. The molecule has 0 aromatic heterocycles.